The van der Waals surface area contributed by atoms with Gasteiger partial charge in [0.25, 0.3) is 0 Å². The minimum atomic E-state index is -0.0548. The second kappa shape index (κ2) is 12.7. The molecule has 0 spiro atoms. The smallest absolute Gasteiger partial charge is 0.0544 e. The lowest BCUT2D eigenvalue weighted by molar-refractivity contribution is 0.666. The predicted octanol–water partition coefficient (Wildman–Crippen LogP) is 13.9. The van der Waals surface area contributed by atoms with Crippen LogP contribution in [-0.4, -0.2) is 4.57 Å². The van der Waals surface area contributed by atoms with E-state index in [1.807, 2.05) is 0 Å². The summed E-state index contributed by atoms with van der Waals surface area (Å²) in [5.41, 5.74) is 15.7. The summed E-state index contributed by atoms with van der Waals surface area (Å²) >= 11 is 0. The van der Waals surface area contributed by atoms with E-state index >= 15 is 0 Å². The highest BCUT2D eigenvalue weighted by Gasteiger charge is 2.37. The fraction of sp³-hybridized carbons (Fsp3) is 0.160. The van der Waals surface area contributed by atoms with Crippen LogP contribution in [0.4, 0.5) is 11.4 Å². The summed E-state index contributed by atoms with van der Waals surface area (Å²) in [6.45, 7) is 9.20. The largest absolute Gasteiger partial charge is 0.355 e. The molecule has 0 saturated carbocycles. The van der Waals surface area contributed by atoms with E-state index in [2.05, 4.69) is 195 Å². The van der Waals surface area contributed by atoms with E-state index in [0.29, 0.717) is 0 Å². The number of para-hydroxylation sites is 3. The number of fused-ring (bicyclic) bond motifs is 9. The standard InChI is InChI=1S/C50H44N2/c1-5-15-35(32-33(2)38-18-10-13-22-45(38)51-36-16-7-6-8-17-36)34-24-26-37(27-25-34)52-46-23-14-11-20-43(46)48-40-28-29-41-39-19-9-12-21-44(39)50(3,4)49(41)42(40)30-31-47(48)52/h5-24,26,28-33,51H,25,27H2,1-4H3/b15-5-,35-32+. The first-order valence-corrected chi connectivity index (χ1v) is 18.7. The average molecular weight is 673 g/mol. The van der Waals surface area contributed by atoms with Gasteiger partial charge >= 0.3 is 0 Å². The summed E-state index contributed by atoms with van der Waals surface area (Å²) in [4.78, 5) is 0. The molecular formula is C50H44N2. The maximum absolute atomic E-state index is 3.65. The first-order valence-electron chi connectivity index (χ1n) is 18.7. The Kier molecular flexibility index (Phi) is 7.85. The van der Waals surface area contributed by atoms with Crippen LogP contribution in [0.25, 0.3) is 49.4 Å². The van der Waals surface area contributed by atoms with Crippen LogP contribution in [0.3, 0.4) is 0 Å². The Bertz CT molecular complexity index is 2640. The van der Waals surface area contributed by atoms with E-state index in [4.69, 9.17) is 0 Å². The van der Waals surface area contributed by atoms with Crippen molar-refractivity contribution < 1.29 is 0 Å². The van der Waals surface area contributed by atoms with E-state index in [9.17, 15) is 0 Å². The fourth-order valence-electron chi connectivity index (χ4n) is 9.02. The van der Waals surface area contributed by atoms with Crippen LogP contribution in [0, 0.1) is 0 Å². The zero-order valence-electron chi connectivity index (χ0n) is 30.4. The van der Waals surface area contributed by atoms with Gasteiger partial charge in [-0.1, -0.05) is 142 Å². The molecule has 0 bridgehead atoms. The van der Waals surface area contributed by atoms with Gasteiger partial charge in [-0.05, 0) is 106 Å². The molecule has 1 heterocycles. The lowest BCUT2D eigenvalue weighted by atomic mass is 9.80. The maximum Gasteiger partial charge on any atom is 0.0544 e. The van der Waals surface area contributed by atoms with Crippen LogP contribution in [0.5, 0.6) is 0 Å². The Morgan fingerprint density at radius 1 is 0.692 bits per heavy atom. The minimum Gasteiger partial charge on any atom is -0.355 e. The number of aromatic nitrogens is 1. The van der Waals surface area contributed by atoms with Crippen molar-refractivity contribution in [3.8, 4) is 11.1 Å². The van der Waals surface area contributed by atoms with E-state index in [0.717, 1.165) is 24.2 Å². The molecule has 6 aromatic carbocycles. The topological polar surface area (TPSA) is 17.0 Å². The molecule has 0 amide bonds. The number of benzene rings is 6. The Labute approximate surface area is 307 Å². The monoisotopic (exact) mass is 672 g/mol. The molecule has 0 saturated heterocycles. The van der Waals surface area contributed by atoms with Gasteiger partial charge in [-0.2, -0.15) is 0 Å². The third-order valence-electron chi connectivity index (χ3n) is 11.4. The third-order valence-corrected chi connectivity index (χ3v) is 11.4. The van der Waals surface area contributed by atoms with Gasteiger partial charge in [0.15, 0.2) is 0 Å². The highest BCUT2D eigenvalue weighted by atomic mass is 15.0. The van der Waals surface area contributed by atoms with E-state index in [1.54, 1.807) is 0 Å². The summed E-state index contributed by atoms with van der Waals surface area (Å²) in [5.74, 6) is 0.231. The molecule has 1 atom stereocenters. The van der Waals surface area contributed by atoms with Crippen LogP contribution in [0.15, 0.2) is 169 Å². The van der Waals surface area contributed by atoms with Crippen molar-refractivity contribution in [2.45, 2.75) is 51.9 Å². The molecule has 2 aliphatic rings. The molecule has 1 unspecified atom stereocenters. The number of nitrogens with zero attached hydrogens (tertiary/aromatic N) is 1. The molecule has 9 rings (SSSR count). The van der Waals surface area contributed by atoms with Crippen LogP contribution < -0.4 is 5.32 Å². The Morgan fingerprint density at radius 3 is 2.27 bits per heavy atom. The van der Waals surface area contributed by atoms with Crippen molar-refractivity contribution in [1.82, 2.24) is 4.57 Å². The second-order valence-electron chi connectivity index (χ2n) is 14.9. The summed E-state index contributed by atoms with van der Waals surface area (Å²) in [6.07, 6.45) is 13.6. The number of anilines is 2. The average Bonchev–Trinajstić information content (AvgIpc) is 3.64. The van der Waals surface area contributed by atoms with E-state index in [-0.39, 0.29) is 11.3 Å². The predicted molar refractivity (Wildman–Crippen MR) is 224 cm³/mol. The van der Waals surface area contributed by atoms with Crippen molar-refractivity contribution in [1.29, 1.82) is 0 Å². The molecule has 2 aliphatic carbocycles. The maximum atomic E-state index is 3.65. The van der Waals surface area contributed by atoms with Gasteiger partial charge in [-0.15, -0.1) is 0 Å². The zero-order chi connectivity index (χ0) is 35.4. The molecule has 2 heteroatoms. The summed E-state index contributed by atoms with van der Waals surface area (Å²) in [5, 5.41) is 9.02. The first kappa shape index (κ1) is 32.1. The van der Waals surface area contributed by atoms with Crippen LogP contribution in [0.2, 0.25) is 0 Å². The number of allylic oxidation sites excluding steroid dienone is 8. The van der Waals surface area contributed by atoms with Crippen LogP contribution >= 0.6 is 0 Å². The highest BCUT2D eigenvalue weighted by molar-refractivity contribution is 6.23. The Morgan fingerprint density at radius 2 is 1.44 bits per heavy atom. The number of hydrogen-bond acceptors (Lipinski definition) is 1. The van der Waals surface area contributed by atoms with Gasteiger partial charge in [0.2, 0.25) is 0 Å². The lowest BCUT2D eigenvalue weighted by Gasteiger charge is -2.23. The number of rotatable bonds is 7. The SMILES string of the molecule is C/C=C\C(=C/C(C)c1ccccc1Nc1ccccc1)C1=CC=C(n2c3ccccc3c3c4ccc5c(c4ccc32)C(C)(C)c2ccccc2-5)CC1. The molecule has 1 N–H and O–H groups in total. The van der Waals surface area contributed by atoms with Gasteiger partial charge in [-0.25, -0.2) is 0 Å². The van der Waals surface area contributed by atoms with Crippen molar-refractivity contribution >= 4 is 49.7 Å². The Balaban J connectivity index is 1.12. The van der Waals surface area contributed by atoms with Gasteiger partial charge in [0, 0.05) is 39.2 Å². The molecule has 1 aromatic heterocycles. The number of nitrogens with one attached hydrogen (secondary N) is 1. The molecule has 7 aromatic rings. The first-order chi connectivity index (χ1) is 25.4. The van der Waals surface area contributed by atoms with Crippen molar-refractivity contribution in [3.63, 3.8) is 0 Å². The number of hydrogen-bond donors (Lipinski definition) is 1. The molecule has 0 fully saturated rings. The van der Waals surface area contributed by atoms with Crippen LogP contribution in [-0.2, 0) is 5.41 Å². The van der Waals surface area contributed by atoms with Gasteiger partial charge in [0.05, 0.1) is 11.0 Å². The van der Waals surface area contributed by atoms with Gasteiger partial charge < -0.3 is 9.88 Å². The molecule has 2 nitrogen and oxygen atoms in total. The molecular weight excluding hydrogens is 629 g/mol. The molecule has 52 heavy (non-hydrogen) atoms. The lowest BCUT2D eigenvalue weighted by Crippen LogP contribution is -2.15. The molecule has 0 radical (unpaired) electrons. The molecule has 0 aliphatic heterocycles. The highest BCUT2D eigenvalue weighted by Crippen LogP contribution is 2.52. The zero-order valence-corrected chi connectivity index (χ0v) is 30.4. The van der Waals surface area contributed by atoms with E-state index in [1.165, 1.54) is 77.2 Å². The Hall–Kier alpha value is -5.86. The third kappa shape index (κ3) is 5.16. The van der Waals surface area contributed by atoms with Crippen LogP contribution in [0.1, 0.15) is 63.1 Å². The summed E-state index contributed by atoms with van der Waals surface area (Å²) in [7, 11) is 0. The van der Waals surface area contributed by atoms with Crippen molar-refractivity contribution in [3.05, 3.63) is 186 Å². The summed E-state index contributed by atoms with van der Waals surface area (Å²) in [6, 6.07) is 46.5. The fourth-order valence-corrected chi connectivity index (χ4v) is 9.02. The van der Waals surface area contributed by atoms with Gasteiger partial charge in [-0.3, -0.25) is 0 Å². The summed E-state index contributed by atoms with van der Waals surface area (Å²) < 4.78 is 2.53. The second-order valence-corrected chi connectivity index (χ2v) is 14.9. The van der Waals surface area contributed by atoms with Crippen molar-refractivity contribution in [2.24, 2.45) is 0 Å². The molecule has 254 valence electrons. The normalized spacial score (nSPS) is 15.9. The van der Waals surface area contributed by atoms with E-state index < -0.39 is 0 Å². The van der Waals surface area contributed by atoms with Gasteiger partial charge in [0.1, 0.15) is 0 Å². The van der Waals surface area contributed by atoms with Crippen molar-refractivity contribution in [2.75, 3.05) is 5.32 Å². The quantitative estimate of drug-likeness (QED) is 0.167. The minimum absolute atomic E-state index is 0.0548.